The minimum absolute atomic E-state index is 0.527. The summed E-state index contributed by atoms with van der Waals surface area (Å²) in [4.78, 5) is 16.6. The molecule has 0 fully saturated rings. The molecule has 2 atom stereocenters. The Hall–Kier alpha value is 0.0300. The Bertz CT molecular complexity index is 153. The largest absolute Gasteiger partial charge is 0.394 e. The van der Waals surface area contributed by atoms with E-state index in [0.717, 1.165) is 0 Å². The quantitative estimate of drug-likeness (QED) is 0.331. The molecule has 0 aliphatic carbocycles. The molecule has 2 unspecified atom stereocenters. The van der Waals surface area contributed by atoms with E-state index in [1.165, 1.54) is 0 Å². The highest BCUT2D eigenvalue weighted by Gasteiger charge is 2.28. The summed E-state index contributed by atoms with van der Waals surface area (Å²) in [6.45, 7) is -0.628. The van der Waals surface area contributed by atoms with Crippen LogP contribution in [-0.4, -0.2) is 43.7 Å². The third kappa shape index (κ3) is 4.47. The molecule has 0 aliphatic rings. The van der Waals surface area contributed by atoms with Gasteiger partial charge in [-0.3, -0.25) is 4.57 Å². The summed E-state index contributed by atoms with van der Waals surface area (Å²) in [6.07, 6.45) is -1.82. The molecule has 0 aromatic heterocycles. The molecule has 0 saturated carbocycles. The van der Waals surface area contributed by atoms with Gasteiger partial charge >= 0.3 is 7.60 Å². The number of hydrogen-bond acceptors (Lipinski definition) is 4. The zero-order valence-electron chi connectivity index (χ0n) is 5.66. The van der Waals surface area contributed by atoms with E-state index in [1.807, 2.05) is 0 Å². The van der Waals surface area contributed by atoms with Crippen LogP contribution in [0, 0.1) is 0 Å². The van der Waals surface area contributed by atoms with Crippen molar-refractivity contribution in [3.8, 4) is 0 Å². The number of aliphatic hydroxyl groups excluding tert-OH is 3. The minimum atomic E-state index is -4.54. The summed E-state index contributed by atoms with van der Waals surface area (Å²) in [6, 6.07) is 0. The third-order valence-electron chi connectivity index (χ3n) is 1.08. The lowest BCUT2D eigenvalue weighted by Gasteiger charge is -2.14. The second-order valence-corrected chi connectivity index (χ2v) is 3.92. The van der Waals surface area contributed by atoms with Crippen molar-refractivity contribution in [2.24, 2.45) is 0 Å². The molecule has 0 aromatic rings. The lowest BCUT2D eigenvalue weighted by molar-refractivity contribution is 0.0565. The van der Waals surface area contributed by atoms with Crippen LogP contribution in [0.5, 0.6) is 0 Å². The van der Waals surface area contributed by atoms with Gasteiger partial charge in [-0.05, 0) is 0 Å². The third-order valence-corrected chi connectivity index (χ3v) is 2.07. The van der Waals surface area contributed by atoms with Crippen LogP contribution in [-0.2, 0) is 4.57 Å². The molecule has 11 heavy (non-hydrogen) atoms. The van der Waals surface area contributed by atoms with Crippen molar-refractivity contribution >= 4 is 7.60 Å². The van der Waals surface area contributed by atoms with Crippen molar-refractivity contribution in [2.75, 3.05) is 6.61 Å². The maximum Gasteiger partial charge on any atom is 0.353 e. The van der Waals surface area contributed by atoms with Gasteiger partial charge in [0, 0.05) is 6.42 Å². The molecule has 5 N–H and O–H groups in total. The maximum atomic E-state index is 10.2. The molecule has 0 spiro atoms. The molecule has 0 amide bonds. The van der Waals surface area contributed by atoms with Crippen LogP contribution >= 0.6 is 7.60 Å². The van der Waals surface area contributed by atoms with Gasteiger partial charge in [0.05, 0.1) is 12.7 Å². The van der Waals surface area contributed by atoms with Gasteiger partial charge in [-0.25, -0.2) is 0 Å². The summed E-state index contributed by atoms with van der Waals surface area (Å²) in [7, 11) is -4.54. The second-order valence-electron chi connectivity index (χ2n) is 2.14. The number of aliphatic hydroxyl groups is 3. The first-order valence-corrected chi connectivity index (χ1v) is 4.58. The van der Waals surface area contributed by atoms with E-state index in [1.54, 1.807) is 0 Å². The zero-order chi connectivity index (χ0) is 9.07. The Morgan fingerprint density at radius 3 is 2.00 bits per heavy atom. The van der Waals surface area contributed by atoms with Gasteiger partial charge in [-0.1, -0.05) is 0 Å². The predicted octanol–water partition coefficient (Wildman–Crippen LogP) is -1.77. The molecule has 0 saturated heterocycles. The van der Waals surface area contributed by atoms with Crippen LogP contribution in [0.1, 0.15) is 6.42 Å². The van der Waals surface area contributed by atoms with E-state index in [9.17, 15) is 4.57 Å². The summed E-state index contributed by atoms with van der Waals surface area (Å²) in [5.41, 5.74) is 0. The smallest absolute Gasteiger partial charge is 0.353 e. The maximum absolute atomic E-state index is 10.2. The van der Waals surface area contributed by atoms with Gasteiger partial charge in [-0.2, -0.15) is 0 Å². The van der Waals surface area contributed by atoms with Crippen LogP contribution < -0.4 is 0 Å². The molecule has 0 bridgehead atoms. The standard InChI is InChI=1S/C4H11O6P/c5-2-3(6)1-4(7)11(8,9)10/h3-7H,1-2H2,(H2,8,9,10). The van der Waals surface area contributed by atoms with E-state index in [0.29, 0.717) is 0 Å². The summed E-state index contributed by atoms with van der Waals surface area (Å²) >= 11 is 0. The van der Waals surface area contributed by atoms with Crippen molar-refractivity contribution < 1.29 is 29.7 Å². The minimum Gasteiger partial charge on any atom is -0.394 e. The number of rotatable bonds is 4. The first-order valence-electron chi connectivity index (χ1n) is 2.90. The van der Waals surface area contributed by atoms with E-state index in [2.05, 4.69) is 0 Å². The first-order chi connectivity index (χ1) is 4.88. The Labute approximate surface area is 63.3 Å². The molecule has 7 heteroatoms. The van der Waals surface area contributed by atoms with Crippen LogP contribution in [0.2, 0.25) is 0 Å². The number of hydrogen-bond donors (Lipinski definition) is 5. The Morgan fingerprint density at radius 1 is 1.27 bits per heavy atom. The Balaban J connectivity index is 3.88. The fraction of sp³-hybridized carbons (Fsp3) is 1.00. The molecule has 0 aliphatic heterocycles. The molecular weight excluding hydrogens is 175 g/mol. The SMILES string of the molecule is O=P(O)(O)C(O)CC(O)CO. The monoisotopic (exact) mass is 186 g/mol. The summed E-state index contributed by atoms with van der Waals surface area (Å²) in [5, 5.41) is 25.5. The zero-order valence-corrected chi connectivity index (χ0v) is 6.55. The molecule has 0 rings (SSSR count). The van der Waals surface area contributed by atoms with Gasteiger partial charge in [0.1, 0.15) is 0 Å². The van der Waals surface area contributed by atoms with Crippen LogP contribution in [0.3, 0.4) is 0 Å². The summed E-state index contributed by atoms with van der Waals surface area (Å²) in [5.74, 6) is -1.90. The van der Waals surface area contributed by atoms with Gasteiger partial charge in [0.2, 0.25) is 0 Å². The van der Waals surface area contributed by atoms with E-state index >= 15 is 0 Å². The summed E-state index contributed by atoms with van der Waals surface area (Å²) < 4.78 is 10.2. The van der Waals surface area contributed by atoms with E-state index in [-0.39, 0.29) is 0 Å². The van der Waals surface area contributed by atoms with E-state index < -0.39 is 32.6 Å². The molecule has 0 radical (unpaired) electrons. The Kier molecular flexibility index (Phi) is 4.17. The predicted molar refractivity (Wildman–Crippen MR) is 35.8 cm³/mol. The highest BCUT2D eigenvalue weighted by atomic mass is 31.2. The fourth-order valence-corrected chi connectivity index (χ4v) is 0.973. The average molecular weight is 186 g/mol. The lowest BCUT2D eigenvalue weighted by Crippen LogP contribution is -2.20. The van der Waals surface area contributed by atoms with E-state index in [4.69, 9.17) is 25.1 Å². The normalized spacial score (nSPS) is 17.9. The molecule has 0 aromatic carbocycles. The van der Waals surface area contributed by atoms with Crippen LogP contribution in [0.15, 0.2) is 0 Å². The fourth-order valence-electron chi connectivity index (χ4n) is 0.455. The van der Waals surface area contributed by atoms with Crippen molar-refractivity contribution in [3.63, 3.8) is 0 Å². The molecule has 6 nitrogen and oxygen atoms in total. The lowest BCUT2D eigenvalue weighted by atomic mass is 10.3. The Morgan fingerprint density at radius 2 is 1.73 bits per heavy atom. The second kappa shape index (κ2) is 4.15. The highest BCUT2D eigenvalue weighted by Crippen LogP contribution is 2.41. The molecule has 0 heterocycles. The molecular formula is C4H11O6P. The topological polar surface area (TPSA) is 118 Å². The van der Waals surface area contributed by atoms with Gasteiger partial charge in [-0.15, -0.1) is 0 Å². The first kappa shape index (κ1) is 11.0. The molecule has 68 valence electrons. The van der Waals surface area contributed by atoms with Gasteiger partial charge in [0.25, 0.3) is 0 Å². The van der Waals surface area contributed by atoms with Gasteiger partial charge in [0.15, 0.2) is 5.85 Å². The van der Waals surface area contributed by atoms with Crippen LogP contribution in [0.25, 0.3) is 0 Å². The van der Waals surface area contributed by atoms with Crippen LogP contribution in [0.4, 0.5) is 0 Å². The van der Waals surface area contributed by atoms with Crippen molar-refractivity contribution in [2.45, 2.75) is 18.4 Å². The van der Waals surface area contributed by atoms with Crippen molar-refractivity contribution in [3.05, 3.63) is 0 Å². The average Bonchev–Trinajstić information content (AvgIpc) is 1.85. The van der Waals surface area contributed by atoms with Crippen molar-refractivity contribution in [1.82, 2.24) is 0 Å². The highest BCUT2D eigenvalue weighted by molar-refractivity contribution is 7.52. The van der Waals surface area contributed by atoms with Crippen molar-refractivity contribution in [1.29, 1.82) is 0 Å². The van der Waals surface area contributed by atoms with Gasteiger partial charge < -0.3 is 25.1 Å².